The second kappa shape index (κ2) is 14.5. The number of aromatic nitrogens is 2. The van der Waals surface area contributed by atoms with Crippen LogP contribution in [0.3, 0.4) is 0 Å². The summed E-state index contributed by atoms with van der Waals surface area (Å²) in [5, 5.41) is 4.27. The Morgan fingerprint density at radius 2 is 1.56 bits per heavy atom. The molecule has 5 heterocycles. The molecule has 0 aromatic carbocycles. The number of hydrogen-bond acceptors (Lipinski definition) is 11. The molecule has 264 valence electrons. The van der Waals surface area contributed by atoms with Crippen molar-refractivity contribution in [1.82, 2.24) is 15.0 Å². The molecule has 2 aromatic heterocycles. The highest BCUT2D eigenvalue weighted by Crippen LogP contribution is 2.37. The number of nitrogens with zero attached hydrogens (tertiary/aromatic N) is 5. The maximum atomic E-state index is 12.7. The Morgan fingerprint density at radius 1 is 0.917 bits per heavy atom. The molecule has 6 rings (SSSR count). The summed E-state index contributed by atoms with van der Waals surface area (Å²) < 4.78 is 29.2. The van der Waals surface area contributed by atoms with Gasteiger partial charge in [-0.3, -0.25) is 4.79 Å². The van der Waals surface area contributed by atoms with E-state index < -0.39 is 11.5 Å². The number of amides is 1. The van der Waals surface area contributed by atoms with E-state index in [0.717, 1.165) is 76.0 Å². The van der Waals surface area contributed by atoms with Crippen molar-refractivity contribution < 1.29 is 33.1 Å². The first-order valence-corrected chi connectivity index (χ1v) is 17.8. The summed E-state index contributed by atoms with van der Waals surface area (Å²) in [4.78, 5) is 36.1. The van der Waals surface area contributed by atoms with Crippen molar-refractivity contribution in [2.45, 2.75) is 128 Å². The number of likely N-dealkylation sites (tertiary alicyclic amines) is 1. The van der Waals surface area contributed by atoms with Gasteiger partial charge in [-0.2, -0.15) is 0 Å². The van der Waals surface area contributed by atoms with Gasteiger partial charge in [0.1, 0.15) is 17.6 Å². The third-order valence-electron chi connectivity index (χ3n) is 10.2. The molecule has 4 fully saturated rings. The van der Waals surface area contributed by atoms with Crippen LogP contribution in [0.1, 0.15) is 97.7 Å². The highest BCUT2D eigenvalue weighted by atomic mass is 16.6. The van der Waals surface area contributed by atoms with E-state index in [9.17, 15) is 9.59 Å². The van der Waals surface area contributed by atoms with E-state index in [4.69, 9.17) is 23.5 Å². The number of pyridine rings is 1. The van der Waals surface area contributed by atoms with Crippen molar-refractivity contribution in [3.05, 3.63) is 30.2 Å². The monoisotopic (exact) mass is 667 g/mol. The van der Waals surface area contributed by atoms with E-state index in [2.05, 4.69) is 32.1 Å². The van der Waals surface area contributed by atoms with Gasteiger partial charge in [-0.25, -0.2) is 9.78 Å². The Labute approximate surface area is 284 Å². The van der Waals surface area contributed by atoms with Gasteiger partial charge in [0.2, 0.25) is 5.88 Å². The smallest absolute Gasteiger partial charge is 0.410 e. The van der Waals surface area contributed by atoms with Crippen LogP contribution in [0.2, 0.25) is 0 Å². The van der Waals surface area contributed by atoms with Crippen molar-refractivity contribution >= 4 is 23.6 Å². The van der Waals surface area contributed by atoms with E-state index in [0.29, 0.717) is 24.7 Å². The van der Waals surface area contributed by atoms with E-state index in [-0.39, 0.29) is 48.4 Å². The molecule has 48 heavy (non-hydrogen) atoms. The number of anilines is 2. The van der Waals surface area contributed by atoms with E-state index in [1.165, 1.54) is 7.11 Å². The first-order valence-electron chi connectivity index (χ1n) is 17.8. The fraction of sp³-hybridized carbons (Fsp3) is 0.722. The Kier molecular flexibility index (Phi) is 10.4. The van der Waals surface area contributed by atoms with Crippen LogP contribution >= 0.6 is 0 Å². The maximum absolute atomic E-state index is 12.7. The third-order valence-corrected chi connectivity index (χ3v) is 10.2. The Balaban J connectivity index is 0.943. The molecule has 3 aliphatic heterocycles. The van der Waals surface area contributed by atoms with Crippen molar-refractivity contribution in [1.29, 1.82) is 0 Å². The van der Waals surface area contributed by atoms with Gasteiger partial charge in [0, 0.05) is 62.3 Å². The number of carbonyl (C=O) groups excluding carboxylic acids is 2. The number of hydrogen-bond donors (Lipinski definition) is 0. The molecule has 0 radical (unpaired) electrons. The van der Waals surface area contributed by atoms with Crippen LogP contribution in [-0.2, 0) is 19.0 Å². The first kappa shape index (κ1) is 34.3. The fourth-order valence-electron chi connectivity index (χ4n) is 7.79. The number of rotatable bonds is 9. The quantitative estimate of drug-likeness (QED) is 0.295. The minimum atomic E-state index is -0.495. The van der Waals surface area contributed by atoms with Gasteiger partial charge in [0.05, 0.1) is 19.3 Å². The first-order chi connectivity index (χ1) is 23.0. The number of carbonyl (C=O) groups is 2. The number of ether oxygens (including phenoxy) is 4. The minimum Gasteiger partial charge on any atom is -0.474 e. The lowest BCUT2D eigenvalue weighted by molar-refractivity contribution is -0.144. The van der Waals surface area contributed by atoms with Gasteiger partial charge < -0.3 is 38.2 Å². The average Bonchev–Trinajstić information content (AvgIpc) is 3.63. The lowest BCUT2D eigenvalue weighted by Crippen LogP contribution is -2.56. The Hall–Kier alpha value is -3.54. The van der Waals surface area contributed by atoms with E-state index in [1.807, 2.05) is 51.8 Å². The molecular weight excluding hydrogens is 614 g/mol. The van der Waals surface area contributed by atoms with Gasteiger partial charge in [0.15, 0.2) is 11.6 Å². The van der Waals surface area contributed by atoms with Gasteiger partial charge in [0.25, 0.3) is 0 Å². The number of piperidine rings is 1. The van der Waals surface area contributed by atoms with Crippen LogP contribution in [0, 0.1) is 5.92 Å². The topological polar surface area (TPSA) is 120 Å². The Morgan fingerprint density at radius 3 is 2.19 bits per heavy atom. The molecule has 2 aromatic rings. The van der Waals surface area contributed by atoms with Crippen LogP contribution in [-0.4, -0.2) is 96.4 Å². The fourth-order valence-corrected chi connectivity index (χ4v) is 7.79. The Bertz CT molecular complexity index is 1380. The molecule has 2 bridgehead atoms. The van der Waals surface area contributed by atoms with Crippen LogP contribution < -0.4 is 14.5 Å². The summed E-state index contributed by atoms with van der Waals surface area (Å²) in [5.74, 6) is 1.28. The molecule has 1 saturated carbocycles. The summed E-state index contributed by atoms with van der Waals surface area (Å²) >= 11 is 0. The van der Waals surface area contributed by atoms with Crippen molar-refractivity contribution in [3.63, 3.8) is 0 Å². The van der Waals surface area contributed by atoms with Crippen LogP contribution in [0.4, 0.5) is 16.3 Å². The zero-order chi connectivity index (χ0) is 34.0. The summed E-state index contributed by atoms with van der Waals surface area (Å²) in [7, 11) is 1.40. The second-order valence-electron chi connectivity index (χ2n) is 15.2. The number of piperazine rings is 1. The highest BCUT2D eigenvalue weighted by Gasteiger charge is 2.43. The molecule has 12 heteroatoms. The molecule has 1 amide bonds. The molecule has 12 nitrogen and oxygen atoms in total. The number of fused-ring (bicyclic) bond motifs is 2. The summed E-state index contributed by atoms with van der Waals surface area (Å²) in [6.45, 7) is 12.7. The van der Waals surface area contributed by atoms with Crippen molar-refractivity contribution in [3.8, 4) is 5.88 Å². The van der Waals surface area contributed by atoms with E-state index in [1.54, 1.807) is 0 Å². The molecule has 3 atom stereocenters. The molecule has 0 N–H and O–H groups in total. The van der Waals surface area contributed by atoms with Gasteiger partial charge >= 0.3 is 12.1 Å². The average molecular weight is 668 g/mol. The predicted molar refractivity (Wildman–Crippen MR) is 180 cm³/mol. The molecule has 4 aliphatic rings. The summed E-state index contributed by atoms with van der Waals surface area (Å²) in [6.07, 6.45) is 9.98. The number of esters is 1. The van der Waals surface area contributed by atoms with Crippen molar-refractivity contribution in [2.24, 2.45) is 5.92 Å². The van der Waals surface area contributed by atoms with Crippen LogP contribution in [0.5, 0.6) is 5.88 Å². The predicted octanol–water partition coefficient (Wildman–Crippen LogP) is 5.95. The zero-order valence-corrected chi connectivity index (χ0v) is 29.4. The largest absolute Gasteiger partial charge is 0.474 e. The minimum absolute atomic E-state index is 0.0504. The highest BCUT2D eigenvalue weighted by molar-refractivity contribution is 5.77. The zero-order valence-electron chi connectivity index (χ0n) is 29.4. The maximum Gasteiger partial charge on any atom is 0.410 e. The van der Waals surface area contributed by atoms with Crippen molar-refractivity contribution in [2.75, 3.05) is 43.1 Å². The summed E-state index contributed by atoms with van der Waals surface area (Å²) in [5.41, 5.74) is 0.621. The number of methoxy groups -OCH3 is 1. The molecule has 3 unspecified atom stereocenters. The van der Waals surface area contributed by atoms with Gasteiger partial charge in [-0.05, 0) is 84.1 Å². The lowest BCUT2D eigenvalue weighted by atomic mass is 9.93. The molecule has 0 spiro atoms. The van der Waals surface area contributed by atoms with Crippen LogP contribution in [0.15, 0.2) is 28.9 Å². The lowest BCUT2D eigenvalue weighted by Gasteiger charge is -2.42. The van der Waals surface area contributed by atoms with E-state index >= 15 is 0 Å². The third kappa shape index (κ3) is 8.01. The summed E-state index contributed by atoms with van der Waals surface area (Å²) in [6, 6.07) is 6.54. The van der Waals surface area contributed by atoms with Crippen LogP contribution in [0.25, 0.3) is 0 Å². The second-order valence-corrected chi connectivity index (χ2v) is 15.2. The van der Waals surface area contributed by atoms with Gasteiger partial charge in [-0.1, -0.05) is 19.0 Å². The standard InChI is InChI=1S/C36H53N5O7/c1-23(2)33(34(42)44-6)30-20-31(38-48-30)39-17-14-29(15-18-39)45-27-9-11-28(12-10-27)46-32-19-24(13-16-37-32)41-25-7-8-26(41)22-40(21-25)35(43)47-36(3,4)5/h13,16,19-20,23,25-29,33H,7-12,14-15,17-18,21-22H2,1-6H3/t25?,26?,27-,28+,33?. The van der Waals surface area contributed by atoms with Gasteiger partial charge in [-0.15, -0.1) is 0 Å². The molecular formula is C36H53N5O7. The molecule has 1 aliphatic carbocycles. The molecule has 3 saturated heterocycles. The SMILES string of the molecule is COC(=O)C(c1cc(N2CCC(O[C@H]3CC[C@@H](Oc4cc(N5C6CCC5CN(C(=O)OC(C)(C)C)C6)ccn4)CC3)CC2)no1)C(C)C. The normalized spacial score (nSPS) is 25.7.